The second-order valence-electron chi connectivity index (χ2n) is 6.15. The number of anilines is 1. The Balaban J connectivity index is 1.99. The SMILES string of the molecule is Cc1c(NC(=O)COc2ccc(Cl)cc2Cl)noc1C(C)(C)C. The second kappa shape index (κ2) is 6.81. The van der Waals surface area contributed by atoms with E-state index in [0.717, 1.165) is 11.3 Å². The van der Waals surface area contributed by atoms with Crippen LogP contribution < -0.4 is 10.1 Å². The van der Waals surface area contributed by atoms with Gasteiger partial charge in [-0.1, -0.05) is 49.1 Å². The van der Waals surface area contributed by atoms with Gasteiger partial charge in [0.25, 0.3) is 5.91 Å². The Labute approximate surface area is 144 Å². The van der Waals surface area contributed by atoms with Crippen molar-refractivity contribution in [3.05, 3.63) is 39.6 Å². The lowest BCUT2D eigenvalue weighted by atomic mass is 9.91. The molecule has 1 heterocycles. The van der Waals surface area contributed by atoms with Gasteiger partial charge in [-0.3, -0.25) is 4.79 Å². The molecule has 0 fully saturated rings. The van der Waals surface area contributed by atoms with E-state index in [9.17, 15) is 4.79 Å². The first-order valence-electron chi connectivity index (χ1n) is 7.03. The molecule has 1 N–H and O–H groups in total. The minimum absolute atomic E-state index is 0.187. The van der Waals surface area contributed by atoms with Gasteiger partial charge >= 0.3 is 0 Å². The van der Waals surface area contributed by atoms with Crippen molar-refractivity contribution in [3.63, 3.8) is 0 Å². The molecule has 0 unspecified atom stereocenters. The van der Waals surface area contributed by atoms with Crippen LogP contribution in [-0.4, -0.2) is 17.7 Å². The number of nitrogens with zero attached hydrogens (tertiary/aromatic N) is 1. The average molecular weight is 357 g/mol. The number of amides is 1. The molecule has 0 bridgehead atoms. The highest BCUT2D eigenvalue weighted by Crippen LogP contribution is 2.30. The van der Waals surface area contributed by atoms with Crippen molar-refractivity contribution in [1.82, 2.24) is 5.16 Å². The van der Waals surface area contributed by atoms with Crippen molar-refractivity contribution in [2.45, 2.75) is 33.1 Å². The number of carbonyl (C=O) groups excluding carboxylic acids is 1. The molecule has 0 aliphatic carbocycles. The number of nitrogens with one attached hydrogen (secondary N) is 1. The fourth-order valence-electron chi connectivity index (χ4n) is 2.06. The number of hydrogen-bond acceptors (Lipinski definition) is 4. The van der Waals surface area contributed by atoms with Crippen LogP contribution in [0.15, 0.2) is 22.7 Å². The van der Waals surface area contributed by atoms with E-state index in [2.05, 4.69) is 10.5 Å². The Morgan fingerprint density at radius 1 is 1.35 bits per heavy atom. The van der Waals surface area contributed by atoms with Crippen molar-refractivity contribution < 1.29 is 14.1 Å². The normalized spacial score (nSPS) is 11.4. The van der Waals surface area contributed by atoms with E-state index in [0.29, 0.717) is 21.6 Å². The van der Waals surface area contributed by atoms with Gasteiger partial charge in [0.15, 0.2) is 12.4 Å². The number of benzene rings is 1. The van der Waals surface area contributed by atoms with Gasteiger partial charge in [-0.25, -0.2) is 0 Å². The predicted octanol–water partition coefficient (Wildman–Crippen LogP) is 4.60. The summed E-state index contributed by atoms with van der Waals surface area (Å²) < 4.78 is 10.7. The molecule has 1 amide bonds. The van der Waals surface area contributed by atoms with Crippen LogP contribution in [0.5, 0.6) is 5.75 Å². The topological polar surface area (TPSA) is 64.4 Å². The molecule has 0 spiro atoms. The number of aromatic nitrogens is 1. The zero-order valence-corrected chi connectivity index (χ0v) is 14.9. The van der Waals surface area contributed by atoms with Crippen LogP contribution in [0.4, 0.5) is 5.82 Å². The summed E-state index contributed by atoms with van der Waals surface area (Å²) in [5.41, 5.74) is 0.614. The third-order valence-electron chi connectivity index (χ3n) is 3.12. The van der Waals surface area contributed by atoms with Gasteiger partial charge in [0.1, 0.15) is 11.5 Å². The van der Waals surface area contributed by atoms with Gasteiger partial charge in [0.2, 0.25) is 0 Å². The molecule has 0 saturated carbocycles. The molecule has 1 aromatic heterocycles. The summed E-state index contributed by atoms with van der Waals surface area (Å²) in [5, 5.41) is 7.41. The van der Waals surface area contributed by atoms with E-state index in [1.165, 1.54) is 0 Å². The summed E-state index contributed by atoms with van der Waals surface area (Å²) in [6.45, 7) is 7.69. The summed E-state index contributed by atoms with van der Waals surface area (Å²) in [5.74, 6) is 1.16. The summed E-state index contributed by atoms with van der Waals surface area (Å²) in [4.78, 5) is 12.0. The second-order valence-corrected chi connectivity index (χ2v) is 6.99. The van der Waals surface area contributed by atoms with Crippen LogP contribution in [-0.2, 0) is 10.2 Å². The zero-order valence-electron chi connectivity index (χ0n) is 13.4. The predicted molar refractivity (Wildman–Crippen MR) is 90.5 cm³/mol. The van der Waals surface area contributed by atoms with Crippen LogP contribution >= 0.6 is 23.2 Å². The zero-order chi connectivity index (χ0) is 17.2. The first kappa shape index (κ1) is 17.6. The third kappa shape index (κ3) is 4.39. The summed E-state index contributed by atoms with van der Waals surface area (Å²) in [7, 11) is 0. The molecule has 5 nitrogen and oxygen atoms in total. The monoisotopic (exact) mass is 356 g/mol. The quantitative estimate of drug-likeness (QED) is 0.868. The van der Waals surface area contributed by atoms with Crippen molar-refractivity contribution in [3.8, 4) is 5.75 Å². The van der Waals surface area contributed by atoms with Gasteiger partial charge < -0.3 is 14.6 Å². The fourth-order valence-corrected chi connectivity index (χ4v) is 2.52. The summed E-state index contributed by atoms with van der Waals surface area (Å²) >= 11 is 11.8. The highest BCUT2D eigenvalue weighted by Gasteiger charge is 2.25. The molecule has 124 valence electrons. The van der Waals surface area contributed by atoms with Crippen LogP contribution in [0.1, 0.15) is 32.1 Å². The molecule has 0 aliphatic rings. The Bertz CT molecular complexity index is 721. The fraction of sp³-hybridized carbons (Fsp3) is 0.375. The molecule has 0 atom stereocenters. The Hall–Kier alpha value is -1.72. The smallest absolute Gasteiger partial charge is 0.263 e. The van der Waals surface area contributed by atoms with E-state index in [1.54, 1.807) is 18.2 Å². The summed E-state index contributed by atoms with van der Waals surface area (Å²) in [6, 6.07) is 4.79. The number of halogens is 2. The summed E-state index contributed by atoms with van der Waals surface area (Å²) in [6.07, 6.45) is 0. The van der Waals surface area contributed by atoms with Crippen molar-refractivity contribution in [1.29, 1.82) is 0 Å². The van der Waals surface area contributed by atoms with Crippen LogP contribution in [0.3, 0.4) is 0 Å². The molecule has 1 aromatic carbocycles. The number of carbonyl (C=O) groups is 1. The molecule has 7 heteroatoms. The van der Waals surface area contributed by atoms with Crippen LogP contribution in [0.2, 0.25) is 10.0 Å². The lowest BCUT2D eigenvalue weighted by molar-refractivity contribution is -0.118. The molecular formula is C16H18Cl2N2O3. The first-order chi connectivity index (χ1) is 10.7. The minimum atomic E-state index is -0.354. The van der Waals surface area contributed by atoms with E-state index >= 15 is 0 Å². The highest BCUT2D eigenvalue weighted by atomic mass is 35.5. The van der Waals surface area contributed by atoms with E-state index in [1.807, 2.05) is 27.7 Å². The third-order valence-corrected chi connectivity index (χ3v) is 3.65. The van der Waals surface area contributed by atoms with Gasteiger partial charge in [-0.05, 0) is 25.1 Å². The first-order valence-corrected chi connectivity index (χ1v) is 7.78. The van der Waals surface area contributed by atoms with Crippen molar-refractivity contribution >= 4 is 34.9 Å². The van der Waals surface area contributed by atoms with Crippen molar-refractivity contribution in [2.24, 2.45) is 0 Å². The largest absolute Gasteiger partial charge is 0.482 e. The molecule has 2 aromatic rings. The Kier molecular flexibility index (Phi) is 5.22. The van der Waals surface area contributed by atoms with Gasteiger partial charge in [-0.15, -0.1) is 0 Å². The lowest BCUT2D eigenvalue weighted by Gasteiger charge is -2.14. The maximum atomic E-state index is 12.0. The number of ether oxygens (including phenoxy) is 1. The Morgan fingerprint density at radius 3 is 2.61 bits per heavy atom. The van der Waals surface area contributed by atoms with E-state index in [-0.39, 0.29) is 17.9 Å². The molecule has 0 radical (unpaired) electrons. The maximum Gasteiger partial charge on any atom is 0.263 e. The maximum absolute atomic E-state index is 12.0. The van der Waals surface area contributed by atoms with Gasteiger partial charge in [-0.2, -0.15) is 0 Å². The van der Waals surface area contributed by atoms with E-state index in [4.69, 9.17) is 32.5 Å². The highest BCUT2D eigenvalue weighted by molar-refractivity contribution is 6.35. The van der Waals surface area contributed by atoms with Gasteiger partial charge in [0.05, 0.1) is 5.02 Å². The minimum Gasteiger partial charge on any atom is -0.482 e. The van der Waals surface area contributed by atoms with Crippen molar-refractivity contribution in [2.75, 3.05) is 11.9 Å². The number of hydrogen-bond donors (Lipinski definition) is 1. The lowest BCUT2D eigenvalue weighted by Crippen LogP contribution is -2.21. The average Bonchev–Trinajstić information content (AvgIpc) is 2.79. The van der Waals surface area contributed by atoms with Crippen LogP contribution in [0, 0.1) is 6.92 Å². The van der Waals surface area contributed by atoms with Crippen LogP contribution in [0.25, 0.3) is 0 Å². The molecule has 0 aliphatic heterocycles. The molecule has 2 rings (SSSR count). The van der Waals surface area contributed by atoms with Gasteiger partial charge in [0, 0.05) is 16.0 Å². The standard InChI is InChI=1S/C16H18Cl2N2O3/c1-9-14(16(2,3)4)23-20-15(9)19-13(21)8-22-12-6-5-10(17)7-11(12)18/h5-7H,8H2,1-4H3,(H,19,20,21). The molecular weight excluding hydrogens is 339 g/mol. The Morgan fingerprint density at radius 2 is 2.04 bits per heavy atom. The molecule has 0 saturated heterocycles. The van der Waals surface area contributed by atoms with E-state index < -0.39 is 0 Å². The number of rotatable bonds is 4. The molecule has 23 heavy (non-hydrogen) atoms.